The van der Waals surface area contributed by atoms with Crippen molar-refractivity contribution in [2.24, 2.45) is 5.92 Å². The Morgan fingerprint density at radius 3 is 2.50 bits per heavy atom. The Bertz CT molecular complexity index is 280. The van der Waals surface area contributed by atoms with Crippen LogP contribution in [-0.2, 0) is 4.79 Å². The molecule has 0 spiro atoms. The summed E-state index contributed by atoms with van der Waals surface area (Å²) in [5.74, 6) is -1.16. The zero-order chi connectivity index (χ0) is 14.2. The topological polar surface area (TPSA) is 73.2 Å². The molecule has 0 aliphatic rings. The van der Waals surface area contributed by atoms with E-state index in [0.717, 1.165) is 6.42 Å². The van der Waals surface area contributed by atoms with E-state index >= 15 is 0 Å². The van der Waals surface area contributed by atoms with Gasteiger partial charge in [-0.25, -0.2) is 4.79 Å². The molecule has 0 bridgehead atoms. The summed E-state index contributed by atoms with van der Waals surface area (Å²) in [6.07, 6.45) is -2.19. The highest BCUT2D eigenvalue weighted by molar-refractivity contribution is 6.34. The van der Waals surface area contributed by atoms with Crippen LogP contribution in [0.5, 0.6) is 0 Å². The molecule has 0 aromatic carbocycles. The van der Waals surface area contributed by atoms with Gasteiger partial charge < -0.3 is 10.4 Å². The molecule has 0 aromatic rings. The number of carbonyl (C=O) groups is 1. The van der Waals surface area contributed by atoms with E-state index in [4.69, 9.17) is 10.5 Å². The third-order valence-electron chi connectivity index (χ3n) is 2.63. The predicted molar refractivity (Wildman–Crippen MR) is 61.9 cm³/mol. The minimum atomic E-state index is -4.20. The van der Waals surface area contributed by atoms with Gasteiger partial charge in [0.1, 0.15) is 5.71 Å². The Morgan fingerprint density at radius 1 is 1.44 bits per heavy atom. The van der Waals surface area contributed by atoms with Gasteiger partial charge >= 0.3 is 12.1 Å². The number of halogens is 3. The molecule has 106 valence electrons. The molecule has 7 heteroatoms. The highest BCUT2D eigenvalue weighted by atomic mass is 19.4. The smallest absolute Gasteiger partial charge is 0.401 e. The fourth-order valence-corrected chi connectivity index (χ4v) is 1.54. The molecule has 0 aliphatic carbocycles. The van der Waals surface area contributed by atoms with Gasteiger partial charge in [0.25, 0.3) is 0 Å². The number of rotatable bonds is 9. The van der Waals surface area contributed by atoms with Crippen molar-refractivity contribution in [3.8, 4) is 0 Å². The lowest BCUT2D eigenvalue weighted by Crippen LogP contribution is -2.32. The SMILES string of the molecule is CCC(CCCC(=N)C(=O)O)CNCC(F)(F)F. The molecule has 18 heavy (non-hydrogen) atoms. The summed E-state index contributed by atoms with van der Waals surface area (Å²) < 4.78 is 35.7. The van der Waals surface area contributed by atoms with Crippen molar-refractivity contribution in [2.75, 3.05) is 13.1 Å². The minimum absolute atomic E-state index is 0.0777. The number of carboxylic acid groups (broad SMARTS) is 1. The van der Waals surface area contributed by atoms with E-state index in [1.807, 2.05) is 6.92 Å². The fraction of sp³-hybridized carbons (Fsp3) is 0.818. The van der Waals surface area contributed by atoms with E-state index < -0.39 is 18.7 Å². The molecule has 0 radical (unpaired) electrons. The molecule has 1 unspecified atom stereocenters. The number of hydrogen-bond donors (Lipinski definition) is 3. The number of hydrogen-bond acceptors (Lipinski definition) is 3. The predicted octanol–water partition coefficient (Wildman–Crippen LogP) is 2.44. The molecule has 0 rings (SSSR count). The van der Waals surface area contributed by atoms with Crippen molar-refractivity contribution in [3.05, 3.63) is 0 Å². The maximum absolute atomic E-state index is 11.9. The van der Waals surface area contributed by atoms with E-state index in [2.05, 4.69) is 5.32 Å². The third-order valence-corrected chi connectivity index (χ3v) is 2.63. The number of nitrogens with one attached hydrogen (secondary N) is 2. The molecule has 0 aromatic heterocycles. The molecule has 0 saturated heterocycles. The fourth-order valence-electron chi connectivity index (χ4n) is 1.54. The molecule has 0 amide bonds. The summed E-state index contributed by atoms with van der Waals surface area (Å²) in [7, 11) is 0. The monoisotopic (exact) mass is 268 g/mol. The molecule has 0 fully saturated rings. The average Bonchev–Trinajstić information content (AvgIpc) is 2.24. The van der Waals surface area contributed by atoms with Gasteiger partial charge in [-0.2, -0.15) is 13.2 Å². The van der Waals surface area contributed by atoms with Crippen LogP contribution in [0, 0.1) is 11.3 Å². The summed E-state index contributed by atoms with van der Waals surface area (Å²) in [5.41, 5.74) is -0.354. The van der Waals surface area contributed by atoms with Crippen molar-refractivity contribution < 1.29 is 23.1 Å². The number of alkyl halides is 3. The largest absolute Gasteiger partial charge is 0.477 e. The second-order valence-corrected chi connectivity index (χ2v) is 4.20. The second-order valence-electron chi connectivity index (χ2n) is 4.20. The highest BCUT2D eigenvalue weighted by Crippen LogP contribution is 2.15. The summed E-state index contributed by atoms with van der Waals surface area (Å²) >= 11 is 0. The van der Waals surface area contributed by atoms with Crippen molar-refractivity contribution >= 4 is 11.7 Å². The first-order valence-electron chi connectivity index (χ1n) is 5.84. The van der Waals surface area contributed by atoms with Crippen molar-refractivity contribution in [2.45, 2.75) is 38.8 Å². The van der Waals surface area contributed by atoms with Gasteiger partial charge in [0.2, 0.25) is 0 Å². The van der Waals surface area contributed by atoms with Crippen molar-refractivity contribution in [1.29, 1.82) is 5.41 Å². The molecule has 0 saturated carbocycles. The van der Waals surface area contributed by atoms with E-state index in [0.29, 0.717) is 12.8 Å². The molecule has 4 nitrogen and oxygen atoms in total. The van der Waals surface area contributed by atoms with Crippen LogP contribution in [0.4, 0.5) is 13.2 Å². The van der Waals surface area contributed by atoms with Crippen LogP contribution >= 0.6 is 0 Å². The normalized spacial score (nSPS) is 13.3. The van der Waals surface area contributed by atoms with Crippen LogP contribution in [0.25, 0.3) is 0 Å². The maximum Gasteiger partial charge on any atom is 0.401 e. The molecule has 0 aliphatic heterocycles. The van der Waals surface area contributed by atoms with E-state index in [9.17, 15) is 18.0 Å². The lowest BCUT2D eigenvalue weighted by molar-refractivity contribution is -0.129. The lowest BCUT2D eigenvalue weighted by Gasteiger charge is -2.16. The quantitative estimate of drug-likeness (QED) is 0.562. The standard InChI is InChI=1S/C11H19F3N2O2/c1-2-8(6-16-7-11(12,13)14)4-3-5-9(15)10(17)18/h8,15-16H,2-7H2,1H3,(H,17,18). The zero-order valence-electron chi connectivity index (χ0n) is 10.3. The second kappa shape index (κ2) is 8.07. The Kier molecular flexibility index (Phi) is 7.58. The average molecular weight is 268 g/mol. The summed E-state index contributed by atoms with van der Waals surface area (Å²) in [6.45, 7) is 1.13. The summed E-state index contributed by atoms with van der Waals surface area (Å²) in [5, 5.41) is 17.9. The molecular formula is C11H19F3N2O2. The molecule has 3 N–H and O–H groups in total. The van der Waals surface area contributed by atoms with E-state index in [1.54, 1.807) is 0 Å². The summed E-state index contributed by atoms with van der Waals surface area (Å²) in [6, 6.07) is 0. The Balaban J connectivity index is 3.77. The molecule has 0 heterocycles. The van der Waals surface area contributed by atoms with Crippen molar-refractivity contribution in [1.82, 2.24) is 5.32 Å². The third kappa shape index (κ3) is 8.98. The Hall–Kier alpha value is -1.11. The van der Waals surface area contributed by atoms with Gasteiger partial charge in [-0.1, -0.05) is 13.3 Å². The van der Waals surface area contributed by atoms with Gasteiger partial charge in [-0.15, -0.1) is 0 Å². The van der Waals surface area contributed by atoms with Crippen LogP contribution in [0.15, 0.2) is 0 Å². The van der Waals surface area contributed by atoms with Crippen LogP contribution in [-0.4, -0.2) is 36.1 Å². The van der Waals surface area contributed by atoms with Crippen LogP contribution in [0.2, 0.25) is 0 Å². The number of carboxylic acids is 1. The van der Waals surface area contributed by atoms with Gasteiger partial charge in [0.05, 0.1) is 6.54 Å². The first-order chi connectivity index (χ1) is 8.26. The van der Waals surface area contributed by atoms with Gasteiger partial charge in [-0.05, 0) is 31.7 Å². The van der Waals surface area contributed by atoms with Crippen LogP contribution in [0.3, 0.4) is 0 Å². The maximum atomic E-state index is 11.9. The van der Waals surface area contributed by atoms with Gasteiger partial charge in [0.15, 0.2) is 0 Å². The summed E-state index contributed by atoms with van der Waals surface area (Å²) in [4.78, 5) is 10.4. The first kappa shape index (κ1) is 16.9. The molecular weight excluding hydrogens is 249 g/mol. The van der Waals surface area contributed by atoms with Gasteiger partial charge in [-0.3, -0.25) is 5.41 Å². The Labute approximate surface area is 104 Å². The number of aliphatic carboxylic acids is 1. The first-order valence-corrected chi connectivity index (χ1v) is 5.84. The van der Waals surface area contributed by atoms with E-state index in [-0.39, 0.29) is 24.6 Å². The van der Waals surface area contributed by atoms with Crippen LogP contribution in [0.1, 0.15) is 32.6 Å². The molecule has 1 atom stereocenters. The van der Waals surface area contributed by atoms with Crippen LogP contribution < -0.4 is 5.32 Å². The van der Waals surface area contributed by atoms with Gasteiger partial charge in [0, 0.05) is 0 Å². The Morgan fingerprint density at radius 2 is 2.06 bits per heavy atom. The van der Waals surface area contributed by atoms with E-state index in [1.165, 1.54) is 0 Å². The minimum Gasteiger partial charge on any atom is -0.477 e. The zero-order valence-corrected chi connectivity index (χ0v) is 10.3. The van der Waals surface area contributed by atoms with Crippen molar-refractivity contribution in [3.63, 3.8) is 0 Å². The lowest BCUT2D eigenvalue weighted by atomic mass is 9.98. The highest BCUT2D eigenvalue weighted by Gasteiger charge is 2.26.